The number of fused-ring (bicyclic) bond motifs is 4. The minimum atomic E-state index is 0.979. The first kappa shape index (κ1) is 20.9. The van der Waals surface area contributed by atoms with Gasteiger partial charge in [0.2, 0.25) is 0 Å². The first-order chi connectivity index (χ1) is 16.7. The highest BCUT2D eigenvalue weighted by Crippen LogP contribution is 2.48. The molecule has 0 aliphatic carbocycles. The van der Waals surface area contributed by atoms with Crippen LogP contribution in [0.15, 0.2) is 105 Å². The Morgan fingerprint density at radius 3 is 1.38 bits per heavy atom. The molecule has 0 spiro atoms. The van der Waals surface area contributed by atoms with Crippen molar-refractivity contribution in [1.29, 1.82) is 0 Å². The average molecular weight is 473 g/mol. The van der Waals surface area contributed by atoms with Crippen LogP contribution in [0.1, 0.15) is 11.1 Å². The Labute approximate surface area is 209 Å². The van der Waals surface area contributed by atoms with Crippen LogP contribution in [0.3, 0.4) is 0 Å². The lowest BCUT2D eigenvalue weighted by Gasteiger charge is -2.29. The maximum atomic E-state index is 3.22. The second kappa shape index (κ2) is 8.58. The molecule has 34 heavy (non-hydrogen) atoms. The van der Waals surface area contributed by atoms with Gasteiger partial charge in [0, 0.05) is 44.8 Å². The van der Waals surface area contributed by atoms with Crippen molar-refractivity contribution in [2.24, 2.45) is 0 Å². The summed E-state index contributed by atoms with van der Waals surface area (Å²) in [7, 11) is 4.23. The molecule has 0 aromatic heterocycles. The van der Waals surface area contributed by atoms with Gasteiger partial charge in [-0.1, -0.05) is 59.6 Å². The summed E-state index contributed by atoms with van der Waals surface area (Å²) in [5.74, 6) is 12.5. The van der Waals surface area contributed by atoms with Gasteiger partial charge in [0.1, 0.15) is 0 Å². The minimum Gasteiger partial charge on any atom is -0.343 e. The highest BCUT2D eigenvalue weighted by Gasteiger charge is 2.21. The number of anilines is 4. The third-order valence-electron chi connectivity index (χ3n) is 6.01. The Morgan fingerprint density at radius 1 is 0.500 bits per heavy atom. The fourth-order valence-electron chi connectivity index (χ4n) is 4.25. The molecular weight excluding hydrogens is 452 g/mol. The van der Waals surface area contributed by atoms with E-state index in [-0.39, 0.29) is 0 Å². The molecule has 6 rings (SSSR count). The van der Waals surface area contributed by atoms with Gasteiger partial charge in [-0.15, -0.1) is 0 Å². The van der Waals surface area contributed by atoms with Gasteiger partial charge in [-0.25, -0.2) is 0 Å². The first-order valence-corrected chi connectivity index (χ1v) is 12.6. The molecule has 0 N–H and O–H groups in total. The normalized spacial score (nSPS) is 12.8. The lowest BCUT2D eigenvalue weighted by Crippen LogP contribution is -2.14. The van der Waals surface area contributed by atoms with Crippen LogP contribution in [-0.4, -0.2) is 14.1 Å². The van der Waals surface area contributed by atoms with E-state index in [1.807, 2.05) is 0 Å². The van der Waals surface area contributed by atoms with Crippen molar-refractivity contribution in [2.45, 2.75) is 19.6 Å². The number of benzene rings is 4. The summed E-state index contributed by atoms with van der Waals surface area (Å²) in [6, 6.07) is 29.7. The van der Waals surface area contributed by atoms with Crippen molar-refractivity contribution in [3.8, 4) is 23.7 Å². The zero-order valence-corrected chi connectivity index (χ0v) is 20.4. The lowest BCUT2D eigenvalue weighted by molar-refractivity contribution is 1.11. The second-order valence-corrected chi connectivity index (χ2v) is 10.3. The number of para-hydroxylation sites is 2. The van der Waals surface area contributed by atoms with Gasteiger partial charge in [-0.05, 0) is 72.5 Å². The Kier molecular flexibility index (Phi) is 5.27. The molecule has 2 aliphatic heterocycles. The summed E-state index contributed by atoms with van der Waals surface area (Å²) in [5.41, 5.74) is 6.85. The standard InChI is InChI=1S/C30H20N2S2/c1-31-23-11-5-7-13-27(23)33-29-19-21(15-17-25(29)31)9-3-4-10-22-16-18-26-30(20-22)34-28-14-8-6-12-24(28)32(26)2/h5-8,11-20H,1-2H3. The maximum Gasteiger partial charge on any atom is 0.0551 e. The molecule has 0 saturated carbocycles. The summed E-state index contributed by atoms with van der Waals surface area (Å²) in [6.07, 6.45) is 0. The van der Waals surface area contributed by atoms with E-state index in [2.05, 4.69) is 133 Å². The van der Waals surface area contributed by atoms with Crippen LogP contribution in [0.2, 0.25) is 0 Å². The molecule has 4 aromatic rings. The van der Waals surface area contributed by atoms with E-state index in [0.717, 1.165) is 11.1 Å². The molecule has 0 saturated heterocycles. The van der Waals surface area contributed by atoms with E-state index in [0.29, 0.717) is 0 Å². The molecule has 0 bridgehead atoms. The fourth-order valence-corrected chi connectivity index (χ4v) is 6.62. The van der Waals surface area contributed by atoms with Crippen molar-refractivity contribution in [3.63, 3.8) is 0 Å². The van der Waals surface area contributed by atoms with Gasteiger partial charge in [0.15, 0.2) is 0 Å². The Bertz CT molecular complexity index is 1450. The smallest absolute Gasteiger partial charge is 0.0551 e. The third-order valence-corrected chi connectivity index (χ3v) is 8.24. The molecule has 0 unspecified atom stereocenters. The van der Waals surface area contributed by atoms with Crippen LogP contribution in [0.5, 0.6) is 0 Å². The summed E-state index contributed by atoms with van der Waals surface area (Å²) in [4.78, 5) is 9.44. The summed E-state index contributed by atoms with van der Waals surface area (Å²) in [6.45, 7) is 0. The molecule has 4 heteroatoms. The Balaban J connectivity index is 1.22. The quantitative estimate of drug-likeness (QED) is 0.244. The van der Waals surface area contributed by atoms with Gasteiger partial charge in [-0.3, -0.25) is 0 Å². The number of nitrogens with zero attached hydrogens (tertiary/aromatic N) is 2. The highest BCUT2D eigenvalue weighted by atomic mass is 32.2. The molecule has 0 radical (unpaired) electrons. The van der Waals surface area contributed by atoms with Gasteiger partial charge in [-0.2, -0.15) is 0 Å². The second-order valence-electron chi connectivity index (χ2n) is 8.12. The molecule has 0 amide bonds. The predicted octanol–water partition coefficient (Wildman–Crippen LogP) is 7.55. The van der Waals surface area contributed by atoms with Gasteiger partial charge < -0.3 is 9.80 Å². The van der Waals surface area contributed by atoms with Crippen LogP contribution in [0, 0.1) is 23.7 Å². The molecule has 162 valence electrons. The first-order valence-electron chi connectivity index (χ1n) is 11.0. The molecule has 2 heterocycles. The van der Waals surface area contributed by atoms with Crippen LogP contribution in [-0.2, 0) is 0 Å². The van der Waals surface area contributed by atoms with Gasteiger partial charge >= 0.3 is 0 Å². The van der Waals surface area contributed by atoms with Crippen LogP contribution in [0.4, 0.5) is 22.7 Å². The fraction of sp³-hybridized carbons (Fsp3) is 0.0667. The zero-order chi connectivity index (χ0) is 23.1. The lowest BCUT2D eigenvalue weighted by atomic mass is 10.1. The van der Waals surface area contributed by atoms with Crippen molar-refractivity contribution >= 4 is 46.3 Å². The van der Waals surface area contributed by atoms with E-state index < -0.39 is 0 Å². The van der Waals surface area contributed by atoms with Gasteiger partial charge in [0.05, 0.1) is 22.7 Å². The number of hydrogen-bond acceptors (Lipinski definition) is 4. The van der Waals surface area contributed by atoms with E-state index in [9.17, 15) is 0 Å². The van der Waals surface area contributed by atoms with E-state index in [1.54, 1.807) is 23.5 Å². The minimum absolute atomic E-state index is 0.979. The van der Waals surface area contributed by atoms with Crippen molar-refractivity contribution in [1.82, 2.24) is 0 Å². The summed E-state index contributed by atoms with van der Waals surface area (Å²) in [5, 5.41) is 0. The monoisotopic (exact) mass is 472 g/mol. The highest BCUT2D eigenvalue weighted by molar-refractivity contribution is 8.00. The van der Waals surface area contributed by atoms with E-state index in [4.69, 9.17) is 0 Å². The molecule has 0 fully saturated rings. The molecular formula is C30H20N2S2. The van der Waals surface area contributed by atoms with Crippen molar-refractivity contribution in [3.05, 3.63) is 96.1 Å². The average Bonchev–Trinajstić information content (AvgIpc) is 2.87. The molecule has 0 atom stereocenters. The zero-order valence-electron chi connectivity index (χ0n) is 18.8. The van der Waals surface area contributed by atoms with E-state index in [1.165, 1.54) is 42.3 Å². The Hall–Kier alpha value is -3.70. The largest absolute Gasteiger partial charge is 0.343 e. The Morgan fingerprint density at radius 2 is 0.912 bits per heavy atom. The topological polar surface area (TPSA) is 6.48 Å². The van der Waals surface area contributed by atoms with Gasteiger partial charge in [0.25, 0.3) is 0 Å². The molecule has 2 aliphatic rings. The van der Waals surface area contributed by atoms with E-state index >= 15 is 0 Å². The maximum absolute atomic E-state index is 3.22. The summed E-state index contributed by atoms with van der Waals surface area (Å²) >= 11 is 3.59. The molecule has 2 nitrogen and oxygen atoms in total. The predicted molar refractivity (Wildman–Crippen MR) is 144 cm³/mol. The van der Waals surface area contributed by atoms with Crippen LogP contribution >= 0.6 is 23.5 Å². The number of hydrogen-bond donors (Lipinski definition) is 0. The SMILES string of the molecule is CN1c2ccccc2Sc2cc(C#CC#Cc3ccc4c(c3)Sc3ccccc3N4C)ccc21. The molecule has 4 aromatic carbocycles. The summed E-state index contributed by atoms with van der Waals surface area (Å²) < 4.78 is 0. The number of rotatable bonds is 0. The van der Waals surface area contributed by atoms with Crippen LogP contribution in [0.25, 0.3) is 0 Å². The van der Waals surface area contributed by atoms with Crippen LogP contribution < -0.4 is 9.80 Å². The van der Waals surface area contributed by atoms with Crippen molar-refractivity contribution < 1.29 is 0 Å². The third kappa shape index (κ3) is 3.72. The van der Waals surface area contributed by atoms with Crippen molar-refractivity contribution in [2.75, 3.05) is 23.9 Å².